The average molecular weight is 669 g/mol. The molecule has 2 fully saturated rings. The number of nitrogen functional groups attached to an aromatic ring is 1. The summed E-state index contributed by atoms with van der Waals surface area (Å²) in [5.41, 5.74) is 5.79. The molecule has 1 aromatic carbocycles. The highest BCUT2D eigenvalue weighted by molar-refractivity contribution is 7.45. The standard InChI is InChI=1S/C26H38ClN8O5P.2C2H6/c1-15-12-19(38-23(15)35-14-33(4)20-21(34(5)29)30-25(28)31-22(20)35)13-37-41(40-18-8-6-16(27)7-9-18)32-26(2,3)24(36)39-17-10-11-17;2*1-2/h6-9,15,17,19,23,32H,10-14,29H2,1-5H3,(H2,28,30,31);2*1-2H3/t15?,19?,23-,41?;;/m1../s1. The molecule has 1 aromatic heterocycles. The van der Waals surface area contributed by atoms with Gasteiger partial charge in [-0.1, -0.05) is 46.2 Å². The number of benzene rings is 1. The van der Waals surface area contributed by atoms with Crippen LogP contribution in [0.25, 0.3) is 0 Å². The maximum Gasteiger partial charge on any atom is 0.326 e. The van der Waals surface area contributed by atoms with Gasteiger partial charge >= 0.3 is 14.5 Å². The minimum absolute atomic E-state index is 0.00470. The van der Waals surface area contributed by atoms with E-state index >= 15 is 0 Å². The van der Waals surface area contributed by atoms with Gasteiger partial charge in [0.2, 0.25) is 5.95 Å². The van der Waals surface area contributed by atoms with Crippen LogP contribution in [0.5, 0.6) is 5.75 Å². The highest BCUT2D eigenvalue weighted by atomic mass is 35.5. The van der Waals surface area contributed by atoms with Crippen molar-refractivity contribution in [2.24, 2.45) is 11.8 Å². The summed E-state index contributed by atoms with van der Waals surface area (Å²) >= 11 is 6.05. The molecule has 0 radical (unpaired) electrons. The van der Waals surface area contributed by atoms with Gasteiger partial charge in [-0.15, -0.1) is 0 Å². The van der Waals surface area contributed by atoms with Crippen molar-refractivity contribution in [3.8, 4) is 5.75 Å². The molecule has 1 aliphatic carbocycles. The lowest BCUT2D eigenvalue weighted by Gasteiger charge is -2.30. The summed E-state index contributed by atoms with van der Waals surface area (Å²) < 4.78 is 24.4. The molecule has 5 N–H and O–H groups in total. The Hall–Kier alpha value is -2.67. The summed E-state index contributed by atoms with van der Waals surface area (Å²) in [5, 5.41) is 5.25. The molecule has 3 aliphatic rings. The molecule has 2 aromatic rings. The van der Waals surface area contributed by atoms with Gasteiger partial charge in [-0.05, 0) is 57.4 Å². The van der Waals surface area contributed by atoms with Gasteiger partial charge in [0.1, 0.15) is 29.3 Å². The minimum Gasteiger partial charge on any atom is -0.461 e. The van der Waals surface area contributed by atoms with Crippen molar-refractivity contribution in [2.75, 3.05) is 47.9 Å². The van der Waals surface area contributed by atoms with Crippen molar-refractivity contribution in [2.45, 2.75) is 91.7 Å². The Morgan fingerprint density at radius 2 is 1.84 bits per heavy atom. The maximum atomic E-state index is 12.8. The van der Waals surface area contributed by atoms with E-state index in [1.165, 1.54) is 5.01 Å². The minimum atomic E-state index is -1.74. The van der Waals surface area contributed by atoms with Crippen molar-refractivity contribution >= 4 is 49.4 Å². The molecule has 3 heterocycles. The number of carbonyl (C=O) groups is 1. The summed E-state index contributed by atoms with van der Waals surface area (Å²) in [5.74, 6) is 7.77. The second-order valence-corrected chi connectivity index (χ2v) is 12.9. The van der Waals surface area contributed by atoms with Crippen LogP contribution in [-0.2, 0) is 18.8 Å². The van der Waals surface area contributed by atoms with Crippen LogP contribution in [0.3, 0.4) is 0 Å². The monoisotopic (exact) mass is 668 g/mol. The lowest BCUT2D eigenvalue weighted by Crippen LogP contribution is -2.46. The molecule has 0 bridgehead atoms. The molecular formula is C30H50ClN8O5P. The van der Waals surface area contributed by atoms with Crippen LogP contribution in [0.4, 0.5) is 23.3 Å². The van der Waals surface area contributed by atoms with Crippen LogP contribution in [-0.4, -0.2) is 67.3 Å². The molecule has 1 saturated heterocycles. The first-order valence-corrected chi connectivity index (χ1v) is 17.1. The summed E-state index contributed by atoms with van der Waals surface area (Å²) in [6.45, 7) is 14.4. The van der Waals surface area contributed by atoms with Crippen LogP contribution in [0.1, 0.15) is 67.7 Å². The van der Waals surface area contributed by atoms with Crippen LogP contribution in [0.15, 0.2) is 24.3 Å². The number of nitrogens with two attached hydrogens (primary N) is 2. The number of fused-ring (bicyclic) bond motifs is 1. The van der Waals surface area contributed by atoms with E-state index in [9.17, 15) is 4.79 Å². The van der Waals surface area contributed by atoms with Gasteiger partial charge in [-0.2, -0.15) is 9.97 Å². The normalized spacial score (nSPS) is 21.2. The number of hydrazine groups is 1. The van der Waals surface area contributed by atoms with E-state index in [0.29, 0.717) is 29.1 Å². The molecule has 1 saturated carbocycles. The van der Waals surface area contributed by atoms with E-state index in [2.05, 4.69) is 26.9 Å². The molecule has 0 amide bonds. The quantitative estimate of drug-likeness (QED) is 0.121. The van der Waals surface area contributed by atoms with Crippen LogP contribution < -0.4 is 36.0 Å². The Morgan fingerprint density at radius 1 is 1.20 bits per heavy atom. The fourth-order valence-electron chi connectivity index (χ4n) is 4.79. The molecule has 15 heteroatoms. The molecular weight excluding hydrogens is 619 g/mol. The Kier molecular flexibility index (Phi) is 13.3. The van der Waals surface area contributed by atoms with Crippen molar-refractivity contribution in [1.82, 2.24) is 15.1 Å². The van der Waals surface area contributed by atoms with Gasteiger partial charge in [-0.25, -0.2) is 10.9 Å². The molecule has 3 unspecified atom stereocenters. The zero-order valence-corrected chi connectivity index (χ0v) is 29.6. The Morgan fingerprint density at radius 3 is 2.44 bits per heavy atom. The third-order valence-corrected chi connectivity index (χ3v) is 8.79. The molecule has 5 rings (SSSR count). The second-order valence-electron chi connectivity index (χ2n) is 11.3. The topological polar surface area (TPSA) is 154 Å². The first-order valence-electron chi connectivity index (χ1n) is 15.6. The van der Waals surface area contributed by atoms with Gasteiger partial charge in [-0.3, -0.25) is 9.80 Å². The number of nitrogens with one attached hydrogen (secondary N) is 1. The third-order valence-electron chi connectivity index (χ3n) is 7.04. The average Bonchev–Trinajstić information content (AvgIpc) is 3.67. The van der Waals surface area contributed by atoms with Crippen molar-refractivity contribution in [1.29, 1.82) is 0 Å². The lowest BCUT2D eigenvalue weighted by atomic mass is 10.1. The third kappa shape index (κ3) is 9.43. The molecule has 2 aliphatic heterocycles. The Labute approximate surface area is 273 Å². The number of ether oxygens (including phenoxy) is 2. The summed E-state index contributed by atoms with van der Waals surface area (Å²) in [6, 6.07) is 6.98. The van der Waals surface area contributed by atoms with Gasteiger partial charge in [0.25, 0.3) is 0 Å². The van der Waals surface area contributed by atoms with E-state index in [-0.39, 0.29) is 42.9 Å². The molecule has 4 atom stereocenters. The van der Waals surface area contributed by atoms with Gasteiger partial charge in [0, 0.05) is 25.0 Å². The predicted octanol–water partition coefficient (Wildman–Crippen LogP) is 5.44. The zero-order chi connectivity index (χ0) is 33.5. The van der Waals surface area contributed by atoms with Crippen molar-refractivity contribution in [3.05, 3.63) is 29.3 Å². The van der Waals surface area contributed by atoms with E-state index in [0.717, 1.165) is 24.9 Å². The van der Waals surface area contributed by atoms with E-state index < -0.39 is 14.1 Å². The first kappa shape index (κ1) is 36.8. The molecule has 13 nitrogen and oxygen atoms in total. The number of halogens is 1. The second kappa shape index (κ2) is 16.2. The maximum absolute atomic E-state index is 12.8. The fourth-order valence-corrected chi connectivity index (χ4v) is 6.24. The fraction of sp³-hybridized carbons (Fsp3) is 0.633. The van der Waals surface area contributed by atoms with Gasteiger partial charge in [0.05, 0.1) is 19.4 Å². The molecule has 45 heavy (non-hydrogen) atoms. The zero-order valence-electron chi connectivity index (χ0n) is 27.9. The molecule has 252 valence electrons. The summed E-state index contributed by atoms with van der Waals surface area (Å²) in [6.07, 6.45) is 2.05. The number of nitrogens with zero attached hydrogens (tertiary/aromatic N) is 5. The van der Waals surface area contributed by atoms with Crippen LogP contribution in [0, 0.1) is 5.92 Å². The molecule has 0 spiro atoms. The van der Waals surface area contributed by atoms with Crippen LogP contribution in [0.2, 0.25) is 5.02 Å². The Balaban J connectivity index is 0.00000133. The number of hydrogen-bond donors (Lipinski definition) is 3. The Bertz CT molecular complexity index is 1250. The highest BCUT2D eigenvalue weighted by Crippen LogP contribution is 2.45. The number of aromatic nitrogens is 2. The number of hydrogen-bond acceptors (Lipinski definition) is 13. The predicted molar refractivity (Wildman–Crippen MR) is 181 cm³/mol. The summed E-state index contributed by atoms with van der Waals surface area (Å²) in [7, 11) is 1.92. The first-order chi connectivity index (χ1) is 21.4. The van der Waals surface area contributed by atoms with Gasteiger partial charge < -0.3 is 34.1 Å². The van der Waals surface area contributed by atoms with E-state index in [4.69, 9.17) is 41.7 Å². The highest BCUT2D eigenvalue weighted by Gasteiger charge is 2.43. The lowest BCUT2D eigenvalue weighted by molar-refractivity contribution is -0.150. The SMILES string of the molecule is CC.CC.CC1CC(COP(NC(C)(C)C(=O)OC2CC2)Oc2ccc(Cl)cc2)O[C@H]1N1CN(C)c2c(N(C)N)nc(N)nc21. The largest absolute Gasteiger partial charge is 0.461 e. The van der Waals surface area contributed by atoms with Crippen molar-refractivity contribution in [3.63, 3.8) is 0 Å². The number of rotatable bonds is 11. The van der Waals surface area contributed by atoms with E-state index in [1.807, 2.05) is 39.6 Å². The smallest absolute Gasteiger partial charge is 0.326 e. The van der Waals surface area contributed by atoms with Crippen LogP contribution >= 0.6 is 20.1 Å². The number of esters is 1. The number of carbonyl (C=O) groups excluding carboxylic acids is 1. The van der Waals surface area contributed by atoms with E-state index in [1.54, 1.807) is 45.2 Å². The van der Waals surface area contributed by atoms with Gasteiger partial charge in [0.15, 0.2) is 11.6 Å². The van der Waals surface area contributed by atoms with Crippen molar-refractivity contribution < 1.29 is 23.3 Å². The summed E-state index contributed by atoms with van der Waals surface area (Å²) in [4.78, 5) is 25.7. The number of anilines is 4.